The molecule has 1 aromatic heterocycles. The predicted octanol–water partition coefficient (Wildman–Crippen LogP) is 4.38. The third-order valence-electron chi connectivity index (χ3n) is 9.29. The van der Waals surface area contributed by atoms with Gasteiger partial charge in [-0.3, -0.25) is 9.36 Å². The van der Waals surface area contributed by atoms with Crippen LogP contribution >= 0.6 is 0 Å². The van der Waals surface area contributed by atoms with Gasteiger partial charge in [0.1, 0.15) is 12.4 Å². The molecular weight excluding hydrogens is 458 g/mol. The summed E-state index contributed by atoms with van der Waals surface area (Å²) in [6, 6.07) is 1.54. The fraction of sp³-hybridized carbons (Fsp3) is 0.679. The van der Waals surface area contributed by atoms with Gasteiger partial charge in [-0.2, -0.15) is 4.98 Å². The summed E-state index contributed by atoms with van der Waals surface area (Å²) in [5.41, 5.74) is 7.63. The molecule has 0 aromatic carbocycles. The second kappa shape index (κ2) is 9.45. The Kier molecular flexibility index (Phi) is 6.62. The summed E-state index contributed by atoms with van der Waals surface area (Å²) in [4.78, 5) is 29.4. The Labute approximate surface area is 212 Å². The fourth-order valence-electron chi connectivity index (χ4n) is 7.22. The first-order valence-corrected chi connectivity index (χ1v) is 13.3. The van der Waals surface area contributed by atoms with Crippen LogP contribution in [0.5, 0.6) is 0 Å². The number of aromatic nitrogens is 2. The molecule has 196 valence electrons. The van der Waals surface area contributed by atoms with E-state index in [0.29, 0.717) is 11.8 Å². The van der Waals surface area contributed by atoms with Crippen molar-refractivity contribution in [1.82, 2.24) is 9.55 Å². The minimum Gasteiger partial charge on any atom is -0.460 e. The number of nitrogen functional groups attached to an aromatic ring is 1. The molecule has 1 aromatic rings. The number of rotatable bonds is 5. The van der Waals surface area contributed by atoms with E-state index < -0.39 is 23.6 Å². The number of esters is 1. The third-order valence-corrected chi connectivity index (χ3v) is 9.29. The molecule has 1 saturated carbocycles. The standard InChI is InChI=1S/C28H39N3O5/c1-17(2)18-6-8-20-19(14-18)7-9-21-27(20,3)11-5-12-28(21,4)25(32)35-16-24-34-15-23(36-24)31-13-10-22(29)30-26(31)33/h7,10,13-14,17,20-21,23-24H,5-6,8-9,11-12,15-16H2,1-4H3,(H2,29,30,33)/t20?,21-,23-,24-,27+,28+/m0/s1. The van der Waals surface area contributed by atoms with Gasteiger partial charge in [0.05, 0.1) is 12.0 Å². The summed E-state index contributed by atoms with van der Waals surface area (Å²) in [7, 11) is 0. The van der Waals surface area contributed by atoms with E-state index in [4.69, 9.17) is 19.9 Å². The molecule has 0 amide bonds. The van der Waals surface area contributed by atoms with Crippen molar-refractivity contribution < 1.29 is 19.0 Å². The van der Waals surface area contributed by atoms with E-state index in [1.54, 1.807) is 5.57 Å². The molecule has 1 saturated heterocycles. The molecular formula is C28H39N3O5. The highest BCUT2D eigenvalue weighted by atomic mass is 16.7. The van der Waals surface area contributed by atoms with Gasteiger partial charge in [-0.15, -0.1) is 0 Å². The smallest absolute Gasteiger partial charge is 0.351 e. The van der Waals surface area contributed by atoms with Crippen LogP contribution in [0, 0.1) is 28.6 Å². The Morgan fingerprint density at radius 3 is 2.89 bits per heavy atom. The van der Waals surface area contributed by atoms with E-state index in [9.17, 15) is 9.59 Å². The average molecular weight is 498 g/mol. The minimum absolute atomic E-state index is 0.00346. The quantitative estimate of drug-likeness (QED) is 0.602. The molecule has 0 radical (unpaired) electrons. The van der Waals surface area contributed by atoms with Crippen molar-refractivity contribution in [2.75, 3.05) is 18.9 Å². The van der Waals surface area contributed by atoms with Crippen LogP contribution in [0.3, 0.4) is 0 Å². The van der Waals surface area contributed by atoms with Gasteiger partial charge in [-0.1, -0.05) is 44.9 Å². The summed E-state index contributed by atoms with van der Waals surface area (Å²) in [6.45, 7) is 9.22. The Morgan fingerprint density at radius 2 is 2.14 bits per heavy atom. The van der Waals surface area contributed by atoms with Gasteiger partial charge in [0, 0.05) is 6.20 Å². The van der Waals surface area contributed by atoms with Gasteiger partial charge >= 0.3 is 11.7 Å². The summed E-state index contributed by atoms with van der Waals surface area (Å²) in [5.74, 6) is 1.31. The van der Waals surface area contributed by atoms with Crippen molar-refractivity contribution in [2.24, 2.45) is 28.6 Å². The lowest BCUT2D eigenvalue weighted by atomic mass is 9.47. The molecule has 5 rings (SSSR count). The largest absolute Gasteiger partial charge is 0.460 e. The second-order valence-corrected chi connectivity index (χ2v) is 11.7. The number of carbonyl (C=O) groups is 1. The van der Waals surface area contributed by atoms with Crippen LogP contribution in [0.1, 0.15) is 72.4 Å². The van der Waals surface area contributed by atoms with Crippen LogP contribution in [0.25, 0.3) is 0 Å². The molecule has 4 aliphatic rings. The topological polar surface area (TPSA) is 106 Å². The van der Waals surface area contributed by atoms with Gasteiger partial charge < -0.3 is 19.9 Å². The normalized spacial score (nSPS) is 36.0. The lowest BCUT2D eigenvalue weighted by Gasteiger charge is -2.57. The number of anilines is 1. The molecule has 36 heavy (non-hydrogen) atoms. The number of carbonyl (C=O) groups excluding carboxylic acids is 1. The molecule has 0 bridgehead atoms. The van der Waals surface area contributed by atoms with Gasteiger partial charge in [0.15, 0.2) is 12.5 Å². The van der Waals surface area contributed by atoms with Crippen LogP contribution in [-0.2, 0) is 19.0 Å². The highest BCUT2D eigenvalue weighted by Crippen LogP contribution is 2.62. The SMILES string of the molecule is CC(C)C1=CC2=CC[C@@H]3[C@](C)(C(=O)OC[C@H]4OC[C@@H](n5ccc(N)nc5=O)O4)CCC[C@]3(C)C2CC1. The van der Waals surface area contributed by atoms with E-state index in [-0.39, 0.29) is 36.3 Å². The third kappa shape index (κ3) is 4.32. The lowest BCUT2D eigenvalue weighted by molar-refractivity contribution is -0.181. The number of hydrogen-bond acceptors (Lipinski definition) is 7. The van der Waals surface area contributed by atoms with E-state index in [0.717, 1.165) is 32.1 Å². The number of nitrogens with zero attached hydrogens (tertiary/aromatic N) is 2. The van der Waals surface area contributed by atoms with Gasteiger partial charge in [0.2, 0.25) is 0 Å². The number of ether oxygens (including phenoxy) is 3. The Hall–Kier alpha value is -2.45. The molecule has 1 unspecified atom stereocenters. The molecule has 0 spiro atoms. The van der Waals surface area contributed by atoms with Crippen molar-refractivity contribution in [1.29, 1.82) is 0 Å². The summed E-state index contributed by atoms with van der Waals surface area (Å²) in [5, 5.41) is 0. The van der Waals surface area contributed by atoms with Crippen molar-refractivity contribution in [2.45, 2.75) is 78.7 Å². The zero-order valence-electron chi connectivity index (χ0n) is 21.9. The van der Waals surface area contributed by atoms with Crippen LogP contribution in [0.2, 0.25) is 0 Å². The maximum atomic E-state index is 13.6. The zero-order valence-corrected chi connectivity index (χ0v) is 21.9. The summed E-state index contributed by atoms with van der Waals surface area (Å²) >= 11 is 0. The maximum absolute atomic E-state index is 13.6. The Morgan fingerprint density at radius 1 is 1.33 bits per heavy atom. The highest BCUT2D eigenvalue weighted by Gasteiger charge is 2.57. The summed E-state index contributed by atoms with van der Waals surface area (Å²) < 4.78 is 18.7. The Bertz CT molecular complexity index is 1140. The van der Waals surface area contributed by atoms with Crippen molar-refractivity contribution in [3.8, 4) is 0 Å². The van der Waals surface area contributed by atoms with E-state index in [2.05, 4.69) is 44.8 Å². The van der Waals surface area contributed by atoms with Gasteiger partial charge in [0.25, 0.3) is 0 Å². The van der Waals surface area contributed by atoms with E-state index in [1.807, 2.05) is 0 Å². The van der Waals surface area contributed by atoms with Crippen LogP contribution in [0.15, 0.2) is 40.4 Å². The molecule has 8 nitrogen and oxygen atoms in total. The first kappa shape index (κ1) is 25.2. The van der Waals surface area contributed by atoms with Crippen molar-refractivity contribution in [3.05, 3.63) is 46.0 Å². The molecule has 1 aliphatic heterocycles. The second-order valence-electron chi connectivity index (χ2n) is 11.7. The number of nitrogens with two attached hydrogens (primary N) is 1. The van der Waals surface area contributed by atoms with E-state index in [1.165, 1.54) is 28.8 Å². The zero-order chi connectivity index (χ0) is 25.7. The molecule has 6 atom stereocenters. The van der Waals surface area contributed by atoms with Crippen LogP contribution < -0.4 is 11.4 Å². The number of hydrogen-bond donors (Lipinski definition) is 1. The average Bonchev–Trinajstić information content (AvgIpc) is 3.30. The lowest BCUT2D eigenvalue weighted by Crippen LogP contribution is -2.53. The molecule has 8 heteroatoms. The molecule has 2 heterocycles. The fourth-order valence-corrected chi connectivity index (χ4v) is 7.22. The van der Waals surface area contributed by atoms with Crippen LogP contribution in [-0.4, -0.2) is 35.0 Å². The minimum atomic E-state index is -0.724. The number of allylic oxidation sites excluding steroid dienone is 4. The highest BCUT2D eigenvalue weighted by molar-refractivity contribution is 5.77. The predicted molar refractivity (Wildman–Crippen MR) is 136 cm³/mol. The van der Waals surface area contributed by atoms with Crippen molar-refractivity contribution in [3.63, 3.8) is 0 Å². The van der Waals surface area contributed by atoms with Crippen molar-refractivity contribution >= 4 is 11.8 Å². The summed E-state index contributed by atoms with van der Waals surface area (Å²) in [6.07, 6.45) is 11.2. The Balaban J connectivity index is 1.26. The maximum Gasteiger partial charge on any atom is 0.351 e. The van der Waals surface area contributed by atoms with Crippen LogP contribution in [0.4, 0.5) is 5.82 Å². The van der Waals surface area contributed by atoms with Gasteiger partial charge in [-0.25, -0.2) is 4.79 Å². The first-order chi connectivity index (χ1) is 17.1. The molecule has 2 N–H and O–H groups in total. The first-order valence-electron chi connectivity index (χ1n) is 13.3. The number of fused-ring (bicyclic) bond motifs is 3. The molecule has 2 fully saturated rings. The van der Waals surface area contributed by atoms with E-state index >= 15 is 0 Å². The monoisotopic (exact) mass is 497 g/mol. The molecule has 3 aliphatic carbocycles. The van der Waals surface area contributed by atoms with Gasteiger partial charge in [-0.05, 0) is 73.8 Å².